The van der Waals surface area contributed by atoms with Crippen molar-refractivity contribution in [2.75, 3.05) is 13.1 Å². The Bertz CT molecular complexity index is 816. The maximum Gasteiger partial charge on any atom is 0.272 e. The minimum absolute atomic E-state index is 0.0592. The van der Waals surface area contributed by atoms with Crippen molar-refractivity contribution >= 4 is 16.9 Å². The van der Waals surface area contributed by atoms with Crippen molar-refractivity contribution < 1.29 is 4.79 Å². The largest absolute Gasteiger partial charge is 0.343 e. The fourth-order valence-electron chi connectivity index (χ4n) is 3.36. The van der Waals surface area contributed by atoms with Crippen molar-refractivity contribution in [3.8, 4) is 0 Å². The number of likely N-dealkylation sites (tertiary alicyclic amines) is 1. The third-order valence-corrected chi connectivity index (χ3v) is 4.60. The van der Waals surface area contributed by atoms with Crippen LogP contribution in [0.3, 0.4) is 0 Å². The lowest BCUT2D eigenvalue weighted by molar-refractivity contribution is 0.0695. The van der Waals surface area contributed by atoms with E-state index in [9.17, 15) is 4.79 Å². The Morgan fingerprint density at radius 3 is 3.04 bits per heavy atom. The zero-order valence-electron chi connectivity index (χ0n) is 13.1. The standard InChI is InChI=1S/C17H19N5O/c1-21-15(6-8-19-21)17(23)22-9-3-5-13(11-22)14-10-12-4-2-7-18-16(12)20-14/h2,4,6-8,10,13H,3,5,9,11H2,1H3,(H,18,20). The molecule has 6 nitrogen and oxygen atoms in total. The van der Waals surface area contributed by atoms with Gasteiger partial charge in [0.15, 0.2) is 0 Å². The van der Waals surface area contributed by atoms with Crippen LogP contribution in [0.5, 0.6) is 0 Å². The Kier molecular flexibility index (Phi) is 3.37. The van der Waals surface area contributed by atoms with Gasteiger partial charge in [-0.3, -0.25) is 9.48 Å². The highest BCUT2D eigenvalue weighted by atomic mass is 16.2. The van der Waals surface area contributed by atoms with Gasteiger partial charge in [0.1, 0.15) is 11.3 Å². The van der Waals surface area contributed by atoms with Gasteiger partial charge in [0, 0.05) is 49.5 Å². The smallest absolute Gasteiger partial charge is 0.272 e. The maximum absolute atomic E-state index is 12.7. The Balaban J connectivity index is 1.57. The predicted molar refractivity (Wildman–Crippen MR) is 87.2 cm³/mol. The van der Waals surface area contributed by atoms with Gasteiger partial charge >= 0.3 is 0 Å². The summed E-state index contributed by atoms with van der Waals surface area (Å²) in [5, 5.41) is 5.22. The number of carbonyl (C=O) groups excluding carboxylic acids is 1. The Morgan fingerprint density at radius 2 is 2.26 bits per heavy atom. The molecule has 3 aromatic rings. The van der Waals surface area contributed by atoms with Crippen molar-refractivity contribution in [3.63, 3.8) is 0 Å². The molecule has 0 bridgehead atoms. The van der Waals surface area contributed by atoms with Crippen LogP contribution in [0.25, 0.3) is 11.0 Å². The Morgan fingerprint density at radius 1 is 1.35 bits per heavy atom. The molecule has 1 unspecified atom stereocenters. The van der Waals surface area contributed by atoms with Gasteiger partial charge in [0.2, 0.25) is 0 Å². The number of nitrogens with zero attached hydrogens (tertiary/aromatic N) is 4. The Hall–Kier alpha value is -2.63. The Labute approximate surface area is 134 Å². The number of nitrogens with one attached hydrogen (secondary N) is 1. The molecule has 1 aliphatic rings. The first-order chi connectivity index (χ1) is 11.2. The number of aromatic amines is 1. The number of H-pyrrole nitrogens is 1. The highest BCUT2D eigenvalue weighted by molar-refractivity contribution is 5.92. The van der Waals surface area contributed by atoms with Crippen LogP contribution in [0.1, 0.15) is 34.9 Å². The van der Waals surface area contributed by atoms with E-state index in [0.29, 0.717) is 11.6 Å². The average molecular weight is 309 g/mol. The molecule has 0 spiro atoms. The van der Waals surface area contributed by atoms with Crippen molar-refractivity contribution in [3.05, 3.63) is 48.0 Å². The van der Waals surface area contributed by atoms with Crippen LogP contribution in [0.4, 0.5) is 0 Å². The van der Waals surface area contributed by atoms with E-state index in [1.807, 2.05) is 11.0 Å². The summed E-state index contributed by atoms with van der Waals surface area (Å²) in [6.45, 7) is 1.54. The van der Waals surface area contributed by atoms with Crippen LogP contribution in [0.15, 0.2) is 36.7 Å². The van der Waals surface area contributed by atoms with E-state index in [2.05, 4.69) is 27.2 Å². The van der Waals surface area contributed by atoms with E-state index in [-0.39, 0.29) is 5.91 Å². The molecule has 0 aromatic carbocycles. The fourth-order valence-corrected chi connectivity index (χ4v) is 3.36. The molecule has 0 saturated carbocycles. The molecule has 1 fully saturated rings. The summed E-state index contributed by atoms with van der Waals surface area (Å²) in [6, 6.07) is 7.94. The second-order valence-electron chi connectivity index (χ2n) is 6.10. The number of amides is 1. The van der Waals surface area contributed by atoms with Crippen LogP contribution < -0.4 is 0 Å². The van der Waals surface area contributed by atoms with Crippen molar-refractivity contribution in [1.82, 2.24) is 24.6 Å². The number of pyridine rings is 1. The van der Waals surface area contributed by atoms with Gasteiger partial charge in [0.25, 0.3) is 5.91 Å². The van der Waals surface area contributed by atoms with Gasteiger partial charge in [-0.25, -0.2) is 4.98 Å². The quantitative estimate of drug-likeness (QED) is 0.790. The normalized spacial score (nSPS) is 18.5. The monoisotopic (exact) mass is 309 g/mol. The summed E-state index contributed by atoms with van der Waals surface area (Å²) in [7, 11) is 1.80. The molecule has 0 aliphatic carbocycles. The van der Waals surface area contributed by atoms with Crippen LogP contribution in [0.2, 0.25) is 0 Å². The van der Waals surface area contributed by atoms with Gasteiger partial charge in [-0.1, -0.05) is 0 Å². The molecule has 1 amide bonds. The second-order valence-corrected chi connectivity index (χ2v) is 6.10. The number of carbonyl (C=O) groups is 1. The first-order valence-electron chi connectivity index (χ1n) is 7.93. The molecule has 4 rings (SSSR count). The molecule has 4 heterocycles. The number of hydrogen-bond acceptors (Lipinski definition) is 3. The molecular weight excluding hydrogens is 290 g/mol. The summed E-state index contributed by atoms with van der Waals surface area (Å²) < 4.78 is 1.64. The number of aryl methyl sites for hydroxylation is 1. The van der Waals surface area contributed by atoms with E-state index in [1.54, 1.807) is 30.2 Å². The fraction of sp³-hybridized carbons (Fsp3) is 0.353. The summed E-state index contributed by atoms with van der Waals surface area (Å²) in [6.07, 6.45) is 5.55. The number of fused-ring (bicyclic) bond motifs is 1. The van der Waals surface area contributed by atoms with E-state index < -0.39 is 0 Å². The van der Waals surface area contributed by atoms with Crippen LogP contribution >= 0.6 is 0 Å². The van der Waals surface area contributed by atoms with E-state index in [4.69, 9.17) is 0 Å². The summed E-state index contributed by atoms with van der Waals surface area (Å²) in [5.74, 6) is 0.388. The van der Waals surface area contributed by atoms with E-state index in [1.165, 1.54) is 5.69 Å². The number of aromatic nitrogens is 4. The molecule has 1 saturated heterocycles. The average Bonchev–Trinajstić information content (AvgIpc) is 3.20. The number of rotatable bonds is 2. The molecule has 118 valence electrons. The predicted octanol–water partition coefficient (Wildman–Crippen LogP) is 2.32. The lowest BCUT2D eigenvalue weighted by Gasteiger charge is -2.32. The van der Waals surface area contributed by atoms with Gasteiger partial charge in [0.05, 0.1) is 0 Å². The van der Waals surface area contributed by atoms with Crippen LogP contribution in [-0.4, -0.2) is 43.6 Å². The number of piperidine rings is 1. The van der Waals surface area contributed by atoms with Gasteiger partial charge < -0.3 is 9.88 Å². The highest BCUT2D eigenvalue weighted by Crippen LogP contribution is 2.29. The van der Waals surface area contributed by atoms with Gasteiger partial charge in [-0.05, 0) is 37.1 Å². The third-order valence-electron chi connectivity index (χ3n) is 4.60. The molecule has 1 aliphatic heterocycles. The molecule has 1 N–H and O–H groups in total. The minimum Gasteiger partial charge on any atom is -0.343 e. The molecule has 3 aromatic heterocycles. The van der Waals surface area contributed by atoms with Gasteiger partial charge in [-0.2, -0.15) is 5.10 Å². The molecule has 0 radical (unpaired) electrons. The van der Waals surface area contributed by atoms with Crippen LogP contribution in [0, 0.1) is 0 Å². The summed E-state index contributed by atoms with van der Waals surface area (Å²) >= 11 is 0. The molecule has 1 atom stereocenters. The topological polar surface area (TPSA) is 66.8 Å². The summed E-state index contributed by atoms with van der Waals surface area (Å²) in [5.41, 5.74) is 2.72. The van der Waals surface area contributed by atoms with Crippen molar-refractivity contribution in [2.45, 2.75) is 18.8 Å². The third kappa shape index (κ3) is 2.50. The van der Waals surface area contributed by atoms with Crippen molar-refractivity contribution in [2.24, 2.45) is 7.05 Å². The SMILES string of the molecule is Cn1nccc1C(=O)N1CCCC(c2cc3cccnc3[nH]2)C1. The van der Waals surface area contributed by atoms with Crippen molar-refractivity contribution in [1.29, 1.82) is 0 Å². The molecule has 23 heavy (non-hydrogen) atoms. The van der Waals surface area contributed by atoms with Crippen LogP contribution in [-0.2, 0) is 7.05 Å². The lowest BCUT2D eigenvalue weighted by atomic mass is 9.94. The number of hydrogen-bond donors (Lipinski definition) is 1. The minimum atomic E-state index is 0.0592. The second kappa shape index (κ2) is 5.53. The van der Waals surface area contributed by atoms with Gasteiger partial charge in [-0.15, -0.1) is 0 Å². The first kappa shape index (κ1) is 14.0. The zero-order chi connectivity index (χ0) is 15.8. The lowest BCUT2D eigenvalue weighted by Crippen LogP contribution is -2.40. The molecular formula is C17H19N5O. The highest BCUT2D eigenvalue weighted by Gasteiger charge is 2.27. The maximum atomic E-state index is 12.7. The molecule has 6 heteroatoms. The summed E-state index contributed by atoms with van der Waals surface area (Å²) in [4.78, 5) is 22.4. The first-order valence-corrected chi connectivity index (χ1v) is 7.93. The zero-order valence-corrected chi connectivity index (χ0v) is 13.1. The van der Waals surface area contributed by atoms with E-state index in [0.717, 1.165) is 37.0 Å². The van der Waals surface area contributed by atoms with E-state index >= 15 is 0 Å².